The Morgan fingerprint density at radius 2 is 2.12 bits per heavy atom. The Bertz CT molecular complexity index is 498. The van der Waals surface area contributed by atoms with Gasteiger partial charge in [0.2, 0.25) is 0 Å². The van der Waals surface area contributed by atoms with Crippen LogP contribution in [0.25, 0.3) is 0 Å². The quantitative estimate of drug-likeness (QED) is 0.583. The highest BCUT2D eigenvalue weighted by Gasteiger charge is 2.14. The zero-order valence-corrected chi connectivity index (χ0v) is 10.1. The highest BCUT2D eigenvalue weighted by Crippen LogP contribution is 2.08. The minimum absolute atomic E-state index is 0.0580. The van der Waals surface area contributed by atoms with E-state index >= 15 is 0 Å². The van der Waals surface area contributed by atoms with Crippen LogP contribution in [0.1, 0.15) is 16.8 Å². The summed E-state index contributed by atoms with van der Waals surface area (Å²) < 4.78 is 11.0. The maximum atomic E-state index is 11.7. The zero-order chi connectivity index (χ0) is 13.0. The number of hydrogen-bond acceptors (Lipinski definition) is 5. The monoisotopic (exact) mass is 237 g/mol. The fourth-order valence-electron chi connectivity index (χ4n) is 1.54. The van der Waals surface area contributed by atoms with Gasteiger partial charge in [-0.25, -0.2) is 4.68 Å². The second-order valence-electron chi connectivity index (χ2n) is 3.59. The zero-order valence-electron chi connectivity index (χ0n) is 10.1. The minimum atomic E-state index is -0.506. The van der Waals surface area contributed by atoms with Crippen LogP contribution < -0.4 is 11.4 Å². The third-order valence-electron chi connectivity index (χ3n) is 2.53. The number of rotatable bonds is 4. The number of pyridine rings is 1. The van der Waals surface area contributed by atoms with Crippen LogP contribution in [0.15, 0.2) is 10.9 Å². The van der Waals surface area contributed by atoms with Gasteiger partial charge in [-0.2, -0.15) is 5.26 Å². The van der Waals surface area contributed by atoms with E-state index < -0.39 is 11.8 Å². The third-order valence-corrected chi connectivity index (χ3v) is 2.53. The lowest BCUT2D eigenvalue weighted by Crippen LogP contribution is -2.34. The number of nitrogens with two attached hydrogens (primary N) is 1. The van der Waals surface area contributed by atoms with E-state index in [1.807, 2.05) is 6.07 Å². The second-order valence-corrected chi connectivity index (χ2v) is 3.59. The molecule has 0 amide bonds. The Morgan fingerprint density at radius 1 is 1.53 bits per heavy atom. The lowest BCUT2D eigenvalue weighted by atomic mass is 10.1. The number of aromatic nitrogens is 1. The minimum Gasteiger partial charge on any atom is -0.356 e. The first-order valence-electron chi connectivity index (χ1n) is 5.01. The van der Waals surface area contributed by atoms with Crippen molar-refractivity contribution in [3.05, 3.63) is 33.2 Å². The summed E-state index contributed by atoms with van der Waals surface area (Å²) in [7, 11) is 3.01. The van der Waals surface area contributed by atoms with E-state index in [1.165, 1.54) is 14.2 Å². The fraction of sp³-hybridized carbons (Fsp3) is 0.455. The van der Waals surface area contributed by atoms with Crippen LogP contribution in [0.2, 0.25) is 0 Å². The highest BCUT2D eigenvalue weighted by molar-refractivity contribution is 5.36. The van der Waals surface area contributed by atoms with E-state index in [0.717, 1.165) is 4.68 Å². The van der Waals surface area contributed by atoms with E-state index in [2.05, 4.69) is 0 Å². The smallest absolute Gasteiger partial charge is 0.287 e. The van der Waals surface area contributed by atoms with Crippen LogP contribution in [0.5, 0.6) is 0 Å². The maximum Gasteiger partial charge on any atom is 0.287 e. The van der Waals surface area contributed by atoms with E-state index in [0.29, 0.717) is 17.7 Å². The van der Waals surface area contributed by atoms with Gasteiger partial charge in [0.25, 0.3) is 5.56 Å². The Labute approximate surface area is 99.1 Å². The summed E-state index contributed by atoms with van der Waals surface area (Å²) in [6.07, 6.45) is -0.137. The van der Waals surface area contributed by atoms with Gasteiger partial charge >= 0.3 is 0 Å². The average Bonchev–Trinajstić information content (AvgIpc) is 2.32. The molecule has 0 saturated heterocycles. The number of nitrogens with zero attached hydrogens (tertiary/aromatic N) is 2. The Kier molecular flexibility index (Phi) is 4.26. The SMILES string of the molecule is COC(Cc1cc(C)c(C#N)c(=O)n1N)OC. The number of aryl methyl sites for hydroxylation is 1. The molecule has 6 heteroatoms. The standard InChI is InChI=1S/C11H15N3O3/c1-7-4-8(5-10(16-2)17-3)14(13)11(15)9(7)6-12/h4,10H,5,13H2,1-3H3. The van der Waals surface area contributed by atoms with Crippen molar-refractivity contribution in [3.8, 4) is 6.07 Å². The molecule has 0 spiro atoms. The van der Waals surface area contributed by atoms with E-state index in [-0.39, 0.29) is 5.56 Å². The molecule has 1 aromatic rings. The lowest BCUT2D eigenvalue weighted by molar-refractivity contribution is -0.101. The van der Waals surface area contributed by atoms with Gasteiger partial charge in [-0.1, -0.05) is 0 Å². The van der Waals surface area contributed by atoms with Gasteiger partial charge in [-0.3, -0.25) is 4.79 Å². The normalized spacial score (nSPS) is 10.5. The van der Waals surface area contributed by atoms with Crippen LogP contribution >= 0.6 is 0 Å². The van der Waals surface area contributed by atoms with Crippen molar-refractivity contribution in [1.29, 1.82) is 5.26 Å². The molecule has 6 nitrogen and oxygen atoms in total. The molecular weight excluding hydrogens is 222 g/mol. The molecule has 0 aromatic carbocycles. The number of nitriles is 1. The van der Waals surface area contributed by atoms with Gasteiger partial charge in [-0.05, 0) is 18.6 Å². The Hall–Kier alpha value is -1.84. The van der Waals surface area contributed by atoms with Gasteiger partial charge in [0, 0.05) is 26.3 Å². The average molecular weight is 237 g/mol. The summed E-state index contributed by atoms with van der Waals surface area (Å²) in [6, 6.07) is 3.52. The van der Waals surface area contributed by atoms with Crippen LogP contribution in [-0.2, 0) is 15.9 Å². The molecule has 0 aliphatic carbocycles. The molecule has 1 heterocycles. The van der Waals surface area contributed by atoms with Crippen LogP contribution in [0.3, 0.4) is 0 Å². The fourth-order valence-corrected chi connectivity index (χ4v) is 1.54. The van der Waals surface area contributed by atoms with Gasteiger partial charge in [0.05, 0.1) is 0 Å². The maximum absolute atomic E-state index is 11.7. The molecule has 1 aromatic heterocycles. The van der Waals surface area contributed by atoms with Gasteiger partial charge in [0.1, 0.15) is 11.6 Å². The molecule has 0 saturated carbocycles. The molecule has 0 bridgehead atoms. The van der Waals surface area contributed by atoms with E-state index in [4.69, 9.17) is 20.6 Å². The van der Waals surface area contributed by atoms with Crippen molar-refractivity contribution >= 4 is 0 Å². The van der Waals surface area contributed by atoms with Crippen molar-refractivity contribution in [1.82, 2.24) is 4.68 Å². The Morgan fingerprint density at radius 3 is 2.59 bits per heavy atom. The van der Waals surface area contributed by atoms with Crippen LogP contribution in [-0.4, -0.2) is 25.2 Å². The number of ether oxygens (including phenoxy) is 2. The summed E-state index contributed by atoms with van der Waals surface area (Å²) in [5, 5.41) is 8.82. The first kappa shape index (κ1) is 13.2. The van der Waals surface area contributed by atoms with E-state index in [1.54, 1.807) is 13.0 Å². The second kappa shape index (κ2) is 5.48. The summed E-state index contributed by atoms with van der Waals surface area (Å²) in [6.45, 7) is 1.69. The largest absolute Gasteiger partial charge is 0.356 e. The number of nitrogen functional groups attached to an aromatic ring is 1. The highest BCUT2D eigenvalue weighted by atomic mass is 16.7. The first-order chi connectivity index (χ1) is 8.04. The van der Waals surface area contributed by atoms with E-state index in [9.17, 15) is 4.79 Å². The number of methoxy groups -OCH3 is 2. The van der Waals surface area contributed by atoms with Crippen molar-refractivity contribution < 1.29 is 9.47 Å². The molecule has 92 valence electrons. The molecule has 0 radical (unpaired) electrons. The van der Waals surface area contributed by atoms with Crippen molar-refractivity contribution in [3.63, 3.8) is 0 Å². The predicted octanol–water partition coefficient (Wildman–Crippen LogP) is -0.0964. The predicted molar refractivity (Wildman–Crippen MR) is 61.8 cm³/mol. The van der Waals surface area contributed by atoms with Crippen LogP contribution in [0, 0.1) is 18.3 Å². The molecular formula is C11H15N3O3. The van der Waals surface area contributed by atoms with Crippen LogP contribution in [0.4, 0.5) is 0 Å². The van der Waals surface area contributed by atoms with Gasteiger partial charge in [0.15, 0.2) is 6.29 Å². The topological polar surface area (TPSA) is 90.3 Å². The van der Waals surface area contributed by atoms with Crippen molar-refractivity contribution in [2.45, 2.75) is 19.6 Å². The molecule has 0 atom stereocenters. The molecule has 1 rings (SSSR count). The Balaban J connectivity index is 3.20. The lowest BCUT2D eigenvalue weighted by Gasteiger charge is -2.16. The first-order valence-corrected chi connectivity index (χ1v) is 5.01. The molecule has 17 heavy (non-hydrogen) atoms. The van der Waals surface area contributed by atoms with Gasteiger partial charge < -0.3 is 15.3 Å². The molecule has 0 aliphatic rings. The summed E-state index contributed by atoms with van der Waals surface area (Å²) >= 11 is 0. The molecule has 2 N–H and O–H groups in total. The summed E-state index contributed by atoms with van der Waals surface area (Å²) in [5.74, 6) is 5.63. The number of hydrogen-bond donors (Lipinski definition) is 1. The molecule has 0 aliphatic heterocycles. The van der Waals surface area contributed by atoms with Crippen molar-refractivity contribution in [2.75, 3.05) is 20.1 Å². The molecule has 0 unspecified atom stereocenters. The van der Waals surface area contributed by atoms with Crippen molar-refractivity contribution in [2.24, 2.45) is 0 Å². The summed E-state index contributed by atoms with van der Waals surface area (Å²) in [5.41, 5.74) is 0.705. The van der Waals surface area contributed by atoms with Gasteiger partial charge in [-0.15, -0.1) is 0 Å². The molecule has 0 fully saturated rings. The third kappa shape index (κ3) is 2.64. The summed E-state index contributed by atoms with van der Waals surface area (Å²) in [4.78, 5) is 11.7.